The Hall–Kier alpha value is -3.81. The van der Waals surface area contributed by atoms with Crippen LogP contribution in [0.25, 0.3) is 16.7 Å². The molecule has 0 atom stereocenters. The summed E-state index contributed by atoms with van der Waals surface area (Å²) in [6.45, 7) is 10.8. The molecular weight excluding hydrogens is 467 g/mol. The zero-order valence-electron chi connectivity index (χ0n) is 21.9. The zero-order valence-corrected chi connectivity index (χ0v) is 21.9. The Morgan fingerprint density at radius 3 is 2.38 bits per heavy atom. The number of anilines is 1. The van der Waals surface area contributed by atoms with Crippen LogP contribution >= 0.6 is 0 Å². The minimum atomic E-state index is -0.294. The number of carbonyl (C=O) groups excluding carboxylic acids is 1. The molecule has 0 saturated carbocycles. The molecule has 1 fully saturated rings. The van der Waals surface area contributed by atoms with Crippen molar-refractivity contribution in [2.45, 2.75) is 40.5 Å². The molecule has 0 unspecified atom stereocenters. The highest BCUT2D eigenvalue weighted by molar-refractivity contribution is 5.91. The summed E-state index contributed by atoms with van der Waals surface area (Å²) in [6, 6.07) is 14.7. The molecule has 0 radical (unpaired) electrons. The Bertz CT molecular complexity index is 1410. The van der Waals surface area contributed by atoms with Crippen LogP contribution in [0, 0.1) is 25.6 Å². The van der Waals surface area contributed by atoms with E-state index in [1.165, 1.54) is 17.7 Å². The minimum Gasteiger partial charge on any atom is -0.354 e. The Morgan fingerprint density at radius 1 is 0.946 bits per heavy atom. The van der Waals surface area contributed by atoms with Gasteiger partial charge in [0, 0.05) is 38.5 Å². The third kappa shape index (κ3) is 5.19. The van der Waals surface area contributed by atoms with Crippen molar-refractivity contribution in [1.82, 2.24) is 24.6 Å². The van der Waals surface area contributed by atoms with Gasteiger partial charge in [0.2, 0.25) is 5.91 Å². The molecule has 2 aromatic heterocycles. The number of benzene rings is 2. The number of aromatic nitrogens is 4. The van der Waals surface area contributed by atoms with Gasteiger partial charge in [0.25, 0.3) is 0 Å². The molecule has 1 aliphatic heterocycles. The quantitative estimate of drug-likeness (QED) is 0.392. The van der Waals surface area contributed by atoms with Crippen LogP contribution in [0.1, 0.15) is 42.9 Å². The Labute approximate surface area is 216 Å². The van der Waals surface area contributed by atoms with Crippen LogP contribution in [-0.4, -0.2) is 56.7 Å². The van der Waals surface area contributed by atoms with Gasteiger partial charge in [-0.2, -0.15) is 5.10 Å². The van der Waals surface area contributed by atoms with Gasteiger partial charge >= 0.3 is 0 Å². The Kier molecular flexibility index (Phi) is 6.91. The molecule has 3 heterocycles. The van der Waals surface area contributed by atoms with Crippen LogP contribution in [-0.2, 0) is 11.2 Å². The number of aryl methyl sites for hydroxylation is 2. The summed E-state index contributed by atoms with van der Waals surface area (Å²) in [6.07, 6.45) is 1.45. The highest BCUT2D eigenvalue weighted by Crippen LogP contribution is 2.30. The third-order valence-electron chi connectivity index (χ3n) is 6.88. The number of halogens is 1. The van der Waals surface area contributed by atoms with Crippen molar-refractivity contribution in [3.63, 3.8) is 0 Å². The summed E-state index contributed by atoms with van der Waals surface area (Å²) in [5.74, 6) is 1.42. The number of hydrogen-bond donors (Lipinski definition) is 0. The maximum atomic E-state index is 13.7. The van der Waals surface area contributed by atoms with Gasteiger partial charge in [-0.05, 0) is 50.1 Å². The summed E-state index contributed by atoms with van der Waals surface area (Å²) in [4.78, 5) is 26.9. The molecule has 2 aromatic carbocycles. The summed E-state index contributed by atoms with van der Waals surface area (Å²) in [5, 5.41) is 5.68. The zero-order chi connectivity index (χ0) is 26.1. The predicted molar refractivity (Wildman–Crippen MR) is 144 cm³/mol. The van der Waals surface area contributed by atoms with Gasteiger partial charge in [-0.1, -0.05) is 43.7 Å². The van der Waals surface area contributed by atoms with E-state index in [0.717, 1.165) is 47.7 Å². The first-order valence-corrected chi connectivity index (χ1v) is 12.9. The third-order valence-corrected chi connectivity index (χ3v) is 6.88. The smallest absolute Gasteiger partial charge is 0.225 e. The van der Waals surface area contributed by atoms with Crippen LogP contribution in [0.3, 0.4) is 0 Å². The highest BCUT2D eigenvalue weighted by Gasteiger charge is 2.26. The Balaban J connectivity index is 1.59. The van der Waals surface area contributed by atoms with E-state index in [-0.39, 0.29) is 17.6 Å². The van der Waals surface area contributed by atoms with Crippen molar-refractivity contribution < 1.29 is 9.18 Å². The molecule has 5 rings (SSSR count). The second kappa shape index (κ2) is 10.3. The molecule has 7 nitrogen and oxygen atoms in total. The van der Waals surface area contributed by atoms with E-state index in [2.05, 4.69) is 36.1 Å². The average molecular weight is 501 g/mol. The largest absolute Gasteiger partial charge is 0.354 e. The summed E-state index contributed by atoms with van der Waals surface area (Å²) < 4.78 is 15.4. The van der Waals surface area contributed by atoms with Crippen molar-refractivity contribution in [2.24, 2.45) is 5.92 Å². The molecule has 0 spiro atoms. The van der Waals surface area contributed by atoms with E-state index in [4.69, 9.17) is 15.1 Å². The van der Waals surface area contributed by atoms with Gasteiger partial charge in [0.15, 0.2) is 5.65 Å². The molecule has 192 valence electrons. The van der Waals surface area contributed by atoms with E-state index in [1.807, 2.05) is 25.7 Å². The van der Waals surface area contributed by atoms with Crippen LogP contribution in [0.4, 0.5) is 10.2 Å². The predicted octanol–water partition coefficient (Wildman–Crippen LogP) is 4.86. The molecular formula is C29H33FN6O. The molecule has 1 saturated heterocycles. The van der Waals surface area contributed by atoms with E-state index >= 15 is 0 Å². The number of fused-ring (bicyclic) bond motifs is 1. The SMILES string of the molecule is Cc1ccc(Cc2nc(N3CCCN(C(=O)C(C)C)CC3)c3c(C)nn(-c4ccc(F)cc4)c3n2)cc1. The monoisotopic (exact) mass is 500 g/mol. The number of carbonyl (C=O) groups is 1. The van der Waals surface area contributed by atoms with Crippen molar-refractivity contribution in [3.05, 3.63) is 77.0 Å². The standard InChI is InChI=1S/C29H33FN6O/c1-19(2)29(37)35-15-5-14-34(16-17-35)27-26-21(4)33-36(24-12-10-23(30)11-13-24)28(26)32-25(31-27)18-22-8-6-20(3)7-9-22/h6-13,19H,5,14-18H2,1-4H3. The van der Waals surface area contributed by atoms with Crippen LogP contribution in [0.15, 0.2) is 48.5 Å². The van der Waals surface area contributed by atoms with Gasteiger partial charge in [-0.25, -0.2) is 19.0 Å². The highest BCUT2D eigenvalue weighted by atomic mass is 19.1. The van der Waals surface area contributed by atoms with Crippen molar-refractivity contribution >= 4 is 22.8 Å². The second-order valence-electron chi connectivity index (χ2n) is 10.1. The van der Waals surface area contributed by atoms with Crippen LogP contribution < -0.4 is 4.90 Å². The van der Waals surface area contributed by atoms with Crippen molar-refractivity contribution in [2.75, 3.05) is 31.1 Å². The lowest BCUT2D eigenvalue weighted by Crippen LogP contribution is -2.37. The number of hydrogen-bond acceptors (Lipinski definition) is 5. The molecule has 8 heteroatoms. The first-order valence-electron chi connectivity index (χ1n) is 12.9. The molecule has 0 bridgehead atoms. The van der Waals surface area contributed by atoms with Crippen LogP contribution in [0.5, 0.6) is 0 Å². The van der Waals surface area contributed by atoms with E-state index in [0.29, 0.717) is 31.0 Å². The summed E-state index contributed by atoms with van der Waals surface area (Å²) in [5.41, 5.74) is 4.60. The summed E-state index contributed by atoms with van der Waals surface area (Å²) >= 11 is 0. The minimum absolute atomic E-state index is 0.0189. The molecule has 37 heavy (non-hydrogen) atoms. The van der Waals surface area contributed by atoms with Gasteiger partial charge in [0.1, 0.15) is 17.5 Å². The average Bonchev–Trinajstić information content (AvgIpc) is 3.04. The second-order valence-corrected chi connectivity index (χ2v) is 10.1. The fraction of sp³-hybridized carbons (Fsp3) is 0.379. The number of rotatable bonds is 5. The maximum Gasteiger partial charge on any atom is 0.225 e. The van der Waals surface area contributed by atoms with Gasteiger partial charge in [0.05, 0.1) is 16.8 Å². The van der Waals surface area contributed by atoms with Gasteiger partial charge < -0.3 is 9.80 Å². The normalized spacial score (nSPS) is 14.4. The lowest BCUT2D eigenvalue weighted by molar-refractivity contribution is -0.134. The number of amides is 1. The number of nitrogens with zero attached hydrogens (tertiary/aromatic N) is 6. The van der Waals surface area contributed by atoms with E-state index in [9.17, 15) is 9.18 Å². The first-order chi connectivity index (χ1) is 17.8. The molecule has 0 aliphatic carbocycles. The maximum absolute atomic E-state index is 13.7. The topological polar surface area (TPSA) is 67.2 Å². The first kappa shape index (κ1) is 24.9. The lowest BCUT2D eigenvalue weighted by Gasteiger charge is -2.25. The van der Waals surface area contributed by atoms with Gasteiger partial charge in [-0.3, -0.25) is 4.79 Å². The Morgan fingerprint density at radius 2 is 1.68 bits per heavy atom. The molecule has 4 aromatic rings. The molecule has 1 amide bonds. The van der Waals surface area contributed by atoms with Gasteiger partial charge in [-0.15, -0.1) is 0 Å². The van der Waals surface area contributed by atoms with Crippen LogP contribution in [0.2, 0.25) is 0 Å². The lowest BCUT2D eigenvalue weighted by atomic mass is 10.1. The van der Waals surface area contributed by atoms with Crippen molar-refractivity contribution in [1.29, 1.82) is 0 Å². The van der Waals surface area contributed by atoms with E-state index < -0.39 is 0 Å². The molecule has 1 aliphatic rings. The molecule has 0 N–H and O–H groups in total. The fourth-order valence-corrected chi connectivity index (χ4v) is 4.88. The van der Waals surface area contributed by atoms with Crippen molar-refractivity contribution in [3.8, 4) is 5.69 Å². The summed E-state index contributed by atoms with van der Waals surface area (Å²) in [7, 11) is 0. The van der Waals surface area contributed by atoms with E-state index in [1.54, 1.807) is 16.8 Å². The fourth-order valence-electron chi connectivity index (χ4n) is 4.88.